The molecular weight excluding hydrogens is 238 g/mol. The average molecular weight is 261 g/mol. The van der Waals surface area contributed by atoms with Crippen LogP contribution in [0.25, 0.3) is 0 Å². The third kappa shape index (κ3) is 3.35. The predicted molar refractivity (Wildman–Crippen MR) is 77.0 cm³/mol. The predicted octanol–water partition coefficient (Wildman–Crippen LogP) is 2.88. The summed E-state index contributed by atoms with van der Waals surface area (Å²) >= 11 is 0. The number of carbonyl (C=O) groups is 1. The van der Waals surface area contributed by atoms with Gasteiger partial charge in [0.1, 0.15) is 5.75 Å². The number of benzene rings is 1. The summed E-state index contributed by atoms with van der Waals surface area (Å²) in [5.74, 6) is 1.78. The first-order valence-corrected chi connectivity index (χ1v) is 7.01. The number of aryl methyl sites for hydroxylation is 2. The van der Waals surface area contributed by atoms with Crippen molar-refractivity contribution < 1.29 is 9.53 Å². The normalized spacial score (nSPS) is 18.6. The van der Waals surface area contributed by atoms with Gasteiger partial charge in [-0.2, -0.15) is 0 Å². The lowest BCUT2D eigenvalue weighted by atomic mass is 9.95. The third-order valence-corrected chi connectivity index (χ3v) is 3.98. The van der Waals surface area contributed by atoms with Crippen LogP contribution in [0.3, 0.4) is 0 Å². The van der Waals surface area contributed by atoms with Gasteiger partial charge >= 0.3 is 0 Å². The molecule has 1 aromatic carbocycles. The molecule has 1 aromatic rings. The summed E-state index contributed by atoms with van der Waals surface area (Å²) < 4.78 is 5.28. The van der Waals surface area contributed by atoms with Crippen LogP contribution in [0, 0.1) is 19.8 Å². The molecule has 0 spiro atoms. The van der Waals surface area contributed by atoms with Gasteiger partial charge in [-0.15, -0.1) is 0 Å². The highest BCUT2D eigenvalue weighted by atomic mass is 16.5. The van der Waals surface area contributed by atoms with Crippen LogP contribution in [0.1, 0.15) is 40.7 Å². The van der Waals surface area contributed by atoms with E-state index in [1.165, 1.54) is 6.42 Å². The van der Waals surface area contributed by atoms with Gasteiger partial charge in [-0.25, -0.2) is 0 Å². The number of hydrogen-bond acceptors (Lipinski definition) is 3. The second kappa shape index (κ2) is 6.20. The summed E-state index contributed by atoms with van der Waals surface area (Å²) in [7, 11) is 1.66. The van der Waals surface area contributed by atoms with E-state index in [1.807, 2.05) is 26.0 Å². The summed E-state index contributed by atoms with van der Waals surface area (Å²) in [6.45, 7) is 6.12. The van der Waals surface area contributed by atoms with Crippen molar-refractivity contribution in [3.8, 4) is 5.75 Å². The molecule has 104 valence electrons. The first-order chi connectivity index (χ1) is 9.11. The standard InChI is InChI=1S/C16H23NO2/c1-11-9-16(19-3)12(2)8-14(11)15(18)5-4-13-6-7-17-10-13/h8-9,13,17H,4-7,10H2,1-3H3. The Kier molecular flexibility index (Phi) is 4.59. The van der Waals surface area contributed by atoms with E-state index in [2.05, 4.69) is 5.32 Å². The van der Waals surface area contributed by atoms with Crippen molar-refractivity contribution in [2.24, 2.45) is 5.92 Å². The molecule has 3 nitrogen and oxygen atoms in total. The minimum Gasteiger partial charge on any atom is -0.496 e. The number of ether oxygens (including phenoxy) is 1. The van der Waals surface area contributed by atoms with Gasteiger partial charge in [0.15, 0.2) is 5.78 Å². The quantitative estimate of drug-likeness (QED) is 0.828. The topological polar surface area (TPSA) is 38.3 Å². The first-order valence-electron chi connectivity index (χ1n) is 7.01. The molecule has 1 unspecified atom stereocenters. The van der Waals surface area contributed by atoms with E-state index < -0.39 is 0 Å². The fourth-order valence-electron chi connectivity index (χ4n) is 2.74. The van der Waals surface area contributed by atoms with Crippen molar-refractivity contribution in [2.75, 3.05) is 20.2 Å². The van der Waals surface area contributed by atoms with E-state index in [0.717, 1.165) is 42.0 Å². The Morgan fingerprint density at radius 3 is 2.79 bits per heavy atom. The molecule has 1 saturated heterocycles. The van der Waals surface area contributed by atoms with Gasteiger partial charge in [0.05, 0.1) is 7.11 Å². The number of nitrogens with one attached hydrogen (secondary N) is 1. The lowest BCUT2D eigenvalue weighted by Crippen LogP contribution is -2.11. The van der Waals surface area contributed by atoms with Crippen molar-refractivity contribution in [1.29, 1.82) is 0 Å². The molecule has 0 saturated carbocycles. The molecule has 0 bridgehead atoms. The van der Waals surface area contributed by atoms with E-state index >= 15 is 0 Å². The number of carbonyl (C=O) groups excluding carboxylic acids is 1. The summed E-state index contributed by atoms with van der Waals surface area (Å²) in [6.07, 6.45) is 2.85. The fraction of sp³-hybridized carbons (Fsp3) is 0.562. The highest BCUT2D eigenvalue weighted by Crippen LogP contribution is 2.24. The van der Waals surface area contributed by atoms with Gasteiger partial charge in [0, 0.05) is 12.0 Å². The van der Waals surface area contributed by atoms with Crippen molar-refractivity contribution >= 4 is 5.78 Å². The number of ketones is 1. The SMILES string of the molecule is COc1cc(C)c(C(=O)CCC2CCNC2)cc1C. The zero-order valence-electron chi connectivity index (χ0n) is 12.1. The highest BCUT2D eigenvalue weighted by molar-refractivity contribution is 5.97. The van der Waals surface area contributed by atoms with Crippen LogP contribution in [0.15, 0.2) is 12.1 Å². The van der Waals surface area contributed by atoms with Crippen molar-refractivity contribution in [2.45, 2.75) is 33.1 Å². The van der Waals surface area contributed by atoms with Gasteiger partial charge in [0.25, 0.3) is 0 Å². The maximum absolute atomic E-state index is 12.3. The molecule has 2 rings (SSSR count). The molecular formula is C16H23NO2. The Morgan fingerprint density at radius 2 is 2.16 bits per heavy atom. The molecule has 0 aliphatic carbocycles. The molecule has 3 heteroatoms. The van der Waals surface area contributed by atoms with Crippen LogP contribution in [0.4, 0.5) is 0 Å². The van der Waals surface area contributed by atoms with E-state index in [-0.39, 0.29) is 5.78 Å². The highest BCUT2D eigenvalue weighted by Gasteiger charge is 2.17. The minimum absolute atomic E-state index is 0.259. The Hall–Kier alpha value is -1.35. The minimum atomic E-state index is 0.259. The maximum atomic E-state index is 12.3. The van der Waals surface area contributed by atoms with Crippen LogP contribution < -0.4 is 10.1 Å². The van der Waals surface area contributed by atoms with Gasteiger partial charge < -0.3 is 10.1 Å². The third-order valence-electron chi connectivity index (χ3n) is 3.98. The van der Waals surface area contributed by atoms with E-state index in [4.69, 9.17) is 4.74 Å². The molecule has 0 aromatic heterocycles. The number of rotatable bonds is 5. The smallest absolute Gasteiger partial charge is 0.163 e. The molecule has 1 atom stereocenters. The Morgan fingerprint density at radius 1 is 1.37 bits per heavy atom. The molecule has 1 aliphatic heterocycles. The lowest BCUT2D eigenvalue weighted by Gasteiger charge is -2.12. The fourth-order valence-corrected chi connectivity index (χ4v) is 2.74. The van der Waals surface area contributed by atoms with E-state index in [0.29, 0.717) is 12.3 Å². The zero-order valence-corrected chi connectivity index (χ0v) is 12.1. The first kappa shape index (κ1) is 14.1. The summed E-state index contributed by atoms with van der Waals surface area (Å²) in [5, 5.41) is 3.34. The van der Waals surface area contributed by atoms with Crippen molar-refractivity contribution in [3.05, 3.63) is 28.8 Å². The van der Waals surface area contributed by atoms with Crippen LogP contribution >= 0.6 is 0 Å². The van der Waals surface area contributed by atoms with Crippen LogP contribution in [0.5, 0.6) is 5.75 Å². The molecule has 19 heavy (non-hydrogen) atoms. The maximum Gasteiger partial charge on any atom is 0.163 e. The molecule has 1 N–H and O–H groups in total. The average Bonchev–Trinajstić information content (AvgIpc) is 2.91. The molecule has 1 heterocycles. The van der Waals surface area contributed by atoms with Crippen molar-refractivity contribution in [1.82, 2.24) is 5.32 Å². The monoisotopic (exact) mass is 261 g/mol. The summed E-state index contributed by atoms with van der Waals surface area (Å²) in [5.41, 5.74) is 2.89. The Bertz CT molecular complexity index is 462. The lowest BCUT2D eigenvalue weighted by molar-refractivity contribution is 0.0974. The molecule has 1 fully saturated rings. The Balaban J connectivity index is 2.03. The number of hydrogen-bond donors (Lipinski definition) is 1. The second-order valence-electron chi connectivity index (χ2n) is 5.46. The second-order valence-corrected chi connectivity index (χ2v) is 5.46. The summed E-state index contributed by atoms with van der Waals surface area (Å²) in [4.78, 5) is 12.3. The largest absolute Gasteiger partial charge is 0.496 e. The van der Waals surface area contributed by atoms with Gasteiger partial charge in [-0.1, -0.05) is 0 Å². The van der Waals surface area contributed by atoms with Crippen LogP contribution in [0.2, 0.25) is 0 Å². The van der Waals surface area contributed by atoms with Crippen LogP contribution in [-0.2, 0) is 0 Å². The van der Waals surface area contributed by atoms with Crippen LogP contribution in [-0.4, -0.2) is 26.0 Å². The Labute approximate surface area is 115 Å². The summed E-state index contributed by atoms with van der Waals surface area (Å²) in [6, 6.07) is 3.92. The van der Waals surface area contributed by atoms with Gasteiger partial charge in [0.2, 0.25) is 0 Å². The van der Waals surface area contributed by atoms with Gasteiger partial charge in [-0.05, 0) is 69.0 Å². The zero-order chi connectivity index (χ0) is 13.8. The molecule has 0 radical (unpaired) electrons. The van der Waals surface area contributed by atoms with Crippen molar-refractivity contribution in [3.63, 3.8) is 0 Å². The number of Topliss-reactive ketones (excluding diaryl/α,β-unsaturated/α-hetero) is 1. The molecule has 1 aliphatic rings. The molecule has 0 amide bonds. The number of methoxy groups -OCH3 is 1. The van der Waals surface area contributed by atoms with Gasteiger partial charge in [-0.3, -0.25) is 4.79 Å². The van der Waals surface area contributed by atoms with E-state index in [9.17, 15) is 4.79 Å². The van der Waals surface area contributed by atoms with E-state index in [1.54, 1.807) is 7.11 Å².